The van der Waals surface area contributed by atoms with Gasteiger partial charge in [-0.05, 0) is 13.0 Å². The Balaban J connectivity index is 1.78. The maximum absolute atomic E-state index is 12.0. The van der Waals surface area contributed by atoms with Crippen LogP contribution in [0.2, 0.25) is 0 Å². The molecule has 110 valence electrons. The summed E-state index contributed by atoms with van der Waals surface area (Å²) in [7, 11) is 1.32. The van der Waals surface area contributed by atoms with E-state index >= 15 is 0 Å². The Bertz CT molecular complexity index is 630. The lowest BCUT2D eigenvalue weighted by Crippen LogP contribution is -2.43. The van der Waals surface area contributed by atoms with E-state index in [1.807, 2.05) is 12.2 Å². The van der Waals surface area contributed by atoms with Crippen LogP contribution in [-0.2, 0) is 28.5 Å². The lowest BCUT2D eigenvalue weighted by Gasteiger charge is -2.32. The minimum atomic E-state index is -0.873. The minimum absolute atomic E-state index is 0.231. The van der Waals surface area contributed by atoms with Crippen molar-refractivity contribution in [3.63, 3.8) is 0 Å². The van der Waals surface area contributed by atoms with Gasteiger partial charge in [0.05, 0.1) is 30.4 Å². The van der Waals surface area contributed by atoms with Crippen LogP contribution in [0.4, 0.5) is 0 Å². The quantitative estimate of drug-likeness (QED) is 0.405. The zero-order chi connectivity index (χ0) is 14.8. The summed E-state index contributed by atoms with van der Waals surface area (Å²) in [5.74, 6) is -1.31. The molecule has 1 aliphatic carbocycles. The average Bonchev–Trinajstić information content (AvgIpc) is 3.08. The molecule has 2 fully saturated rings. The molecule has 21 heavy (non-hydrogen) atoms. The topological polar surface area (TPSA) is 71.1 Å². The summed E-state index contributed by atoms with van der Waals surface area (Å²) in [5, 5.41) is 0. The fraction of sp³-hybridized carbons (Fsp3) is 0.467. The van der Waals surface area contributed by atoms with Gasteiger partial charge in [-0.15, -0.1) is 0 Å². The second kappa shape index (κ2) is 3.98. The van der Waals surface area contributed by atoms with Crippen molar-refractivity contribution in [2.75, 3.05) is 7.11 Å². The Morgan fingerprint density at radius 1 is 1.48 bits per heavy atom. The molecule has 4 rings (SSSR count). The van der Waals surface area contributed by atoms with Crippen molar-refractivity contribution in [3.8, 4) is 0 Å². The van der Waals surface area contributed by atoms with Crippen LogP contribution in [0.25, 0.3) is 0 Å². The molecule has 0 radical (unpaired) electrons. The van der Waals surface area contributed by atoms with Gasteiger partial charge in [-0.2, -0.15) is 0 Å². The third-order valence-electron chi connectivity index (χ3n) is 4.65. The molecule has 6 heteroatoms. The Morgan fingerprint density at radius 3 is 3.00 bits per heavy atom. The maximum atomic E-state index is 12.0. The van der Waals surface area contributed by atoms with E-state index in [-0.39, 0.29) is 17.8 Å². The third-order valence-corrected chi connectivity index (χ3v) is 4.65. The highest BCUT2D eigenvalue weighted by atomic mass is 16.7. The summed E-state index contributed by atoms with van der Waals surface area (Å²) in [6, 6.07) is 0. The minimum Gasteiger partial charge on any atom is -0.471 e. The number of carbonyl (C=O) groups excluding carboxylic acids is 2. The van der Waals surface area contributed by atoms with Gasteiger partial charge in [-0.1, -0.05) is 12.2 Å². The first-order valence-electron chi connectivity index (χ1n) is 6.80. The van der Waals surface area contributed by atoms with E-state index in [9.17, 15) is 9.59 Å². The standard InChI is InChI=1S/C15H14O6/c1-3-7-11-15(21-13(7)17)5-4-8-9(12(16)18-2)6-19-14(20-11)10(8)15/h3-6,8,10-11,14H,1-2H3/b7-3+/t8-,10-,11+,14-,15+/m0/s1. The van der Waals surface area contributed by atoms with Crippen molar-refractivity contribution in [2.24, 2.45) is 11.8 Å². The Kier molecular flexibility index (Phi) is 2.39. The van der Waals surface area contributed by atoms with Gasteiger partial charge >= 0.3 is 11.9 Å². The van der Waals surface area contributed by atoms with E-state index in [2.05, 4.69) is 0 Å². The van der Waals surface area contributed by atoms with E-state index in [0.717, 1.165) is 0 Å². The van der Waals surface area contributed by atoms with E-state index in [0.29, 0.717) is 11.1 Å². The zero-order valence-electron chi connectivity index (χ0n) is 11.6. The molecular weight excluding hydrogens is 276 g/mol. The summed E-state index contributed by atoms with van der Waals surface area (Å²) in [6.07, 6.45) is 5.77. The van der Waals surface area contributed by atoms with Crippen LogP contribution in [0, 0.1) is 11.8 Å². The highest BCUT2D eigenvalue weighted by Crippen LogP contribution is 2.57. The van der Waals surface area contributed by atoms with Crippen LogP contribution in [0.15, 0.2) is 35.6 Å². The molecular formula is C15H14O6. The number of methoxy groups -OCH3 is 1. The molecule has 0 unspecified atom stereocenters. The predicted octanol–water partition coefficient (Wildman–Crippen LogP) is 0.842. The van der Waals surface area contributed by atoms with Gasteiger partial charge < -0.3 is 18.9 Å². The largest absolute Gasteiger partial charge is 0.471 e. The summed E-state index contributed by atoms with van der Waals surface area (Å²) in [4.78, 5) is 23.8. The van der Waals surface area contributed by atoms with Crippen molar-refractivity contribution in [2.45, 2.75) is 24.9 Å². The second-order valence-corrected chi connectivity index (χ2v) is 5.48. The van der Waals surface area contributed by atoms with Crippen molar-refractivity contribution < 1.29 is 28.5 Å². The molecule has 2 saturated heterocycles. The normalized spacial score (nSPS) is 44.0. The van der Waals surface area contributed by atoms with Crippen LogP contribution >= 0.6 is 0 Å². The van der Waals surface area contributed by atoms with Gasteiger partial charge in [0.15, 0.2) is 5.60 Å². The Morgan fingerprint density at radius 2 is 2.29 bits per heavy atom. The predicted molar refractivity (Wildman–Crippen MR) is 68.5 cm³/mol. The molecule has 0 amide bonds. The van der Waals surface area contributed by atoms with E-state index in [1.54, 1.807) is 13.0 Å². The van der Waals surface area contributed by atoms with E-state index in [4.69, 9.17) is 18.9 Å². The maximum Gasteiger partial charge on any atom is 0.337 e. The van der Waals surface area contributed by atoms with Gasteiger partial charge in [-0.25, -0.2) is 9.59 Å². The molecule has 3 aliphatic heterocycles. The first kappa shape index (κ1) is 12.6. The number of ether oxygens (including phenoxy) is 4. The van der Waals surface area contributed by atoms with Crippen LogP contribution in [0.5, 0.6) is 0 Å². The van der Waals surface area contributed by atoms with Gasteiger partial charge in [0.25, 0.3) is 0 Å². The summed E-state index contributed by atoms with van der Waals surface area (Å²) >= 11 is 0. The first-order chi connectivity index (χ1) is 10.1. The smallest absolute Gasteiger partial charge is 0.337 e. The molecule has 6 nitrogen and oxygen atoms in total. The van der Waals surface area contributed by atoms with Crippen molar-refractivity contribution in [1.82, 2.24) is 0 Å². The Hall–Kier alpha value is -2.08. The lowest BCUT2D eigenvalue weighted by molar-refractivity contribution is -0.152. The summed E-state index contributed by atoms with van der Waals surface area (Å²) < 4.78 is 21.8. The summed E-state index contributed by atoms with van der Waals surface area (Å²) in [5.41, 5.74) is 0.0425. The van der Waals surface area contributed by atoms with Gasteiger partial charge in [0.2, 0.25) is 6.29 Å². The molecule has 0 aromatic heterocycles. The fourth-order valence-corrected chi connectivity index (χ4v) is 3.74. The van der Waals surface area contributed by atoms with Crippen molar-refractivity contribution in [1.29, 1.82) is 0 Å². The summed E-state index contributed by atoms with van der Waals surface area (Å²) in [6.45, 7) is 1.77. The fourth-order valence-electron chi connectivity index (χ4n) is 3.74. The second-order valence-electron chi connectivity index (χ2n) is 5.48. The highest BCUT2D eigenvalue weighted by Gasteiger charge is 2.70. The van der Waals surface area contributed by atoms with Gasteiger partial charge in [0.1, 0.15) is 6.10 Å². The Labute approximate surface area is 121 Å². The van der Waals surface area contributed by atoms with Crippen LogP contribution in [0.3, 0.4) is 0 Å². The van der Waals surface area contributed by atoms with E-state index in [1.165, 1.54) is 13.4 Å². The highest BCUT2D eigenvalue weighted by molar-refractivity contribution is 5.94. The molecule has 0 N–H and O–H groups in total. The molecule has 3 heterocycles. The molecule has 1 spiro atoms. The van der Waals surface area contributed by atoms with Crippen LogP contribution in [0.1, 0.15) is 6.92 Å². The molecule has 0 aromatic carbocycles. The third kappa shape index (κ3) is 1.35. The first-order valence-corrected chi connectivity index (χ1v) is 6.80. The SMILES string of the molecule is C/C=C1/C(=O)O[C@@]23C=C[C@H]4C(C(=O)OC)=CO[C@@H](O[C@H]12)[C@H]43. The van der Waals surface area contributed by atoms with Crippen molar-refractivity contribution in [3.05, 3.63) is 35.6 Å². The molecule has 5 atom stereocenters. The van der Waals surface area contributed by atoms with Gasteiger partial charge in [-0.3, -0.25) is 0 Å². The molecule has 0 saturated carbocycles. The number of hydrogen-bond acceptors (Lipinski definition) is 6. The van der Waals surface area contributed by atoms with Crippen molar-refractivity contribution >= 4 is 11.9 Å². The van der Waals surface area contributed by atoms with Crippen LogP contribution < -0.4 is 0 Å². The number of allylic oxidation sites excluding steroid dienone is 2. The van der Waals surface area contributed by atoms with Gasteiger partial charge in [0, 0.05) is 5.92 Å². The number of carbonyl (C=O) groups is 2. The van der Waals surface area contributed by atoms with E-state index < -0.39 is 24.0 Å². The molecule has 0 bridgehead atoms. The lowest BCUT2D eigenvalue weighted by atomic mass is 9.78. The number of rotatable bonds is 1. The number of hydrogen-bond donors (Lipinski definition) is 0. The monoisotopic (exact) mass is 290 g/mol. The zero-order valence-corrected chi connectivity index (χ0v) is 11.6. The number of esters is 2. The average molecular weight is 290 g/mol. The molecule has 0 aromatic rings. The molecule has 4 aliphatic rings. The van der Waals surface area contributed by atoms with Crippen LogP contribution in [-0.4, -0.2) is 37.0 Å².